The number of aromatic amines is 1. The number of nitrogens with one attached hydrogen (secondary N) is 1. The van der Waals surface area contributed by atoms with Crippen LogP contribution in [0.15, 0.2) is 0 Å². The van der Waals surface area contributed by atoms with Crippen LogP contribution < -0.4 is 0 Å². The normalized spacial score (nSPS) is 10.2. The van der Waals surface area contributed by atoms with Crippen molar-refractivity contribution in [2.45, 2.75) is 33.1 Å². The van der Waals surface area contributed by atoms with Gasteiger partial charge in [0.2, 0.25) is 0 Å². The highest BCUT2D eigenvalue weighted by Gasteiger charge is 2.08. The SMILES string of the molecule is Cc1[nH]c(CC#N)nc1C(C)C. The molecule has 0 bridgehead atoms. The van der Waals surface area contributed by atoms with Crippen LogP contribution in [0.5, 0.6) is 0 Å². The van der Waals surface area contributed by atoms with E-state index in [1.807, 2.05) is 6.92 Å². The van der Waals surface area contributed by atoms with Crippen molar-refractivity contribution >= 4 is 0 Å². The summed E-state index contributed by atoms with van der Waals surface area (Å²) in [4.78, 5) is 7.41. The first-order valence-electron chi connectivity index (χ1n) is 4.07. The summed E-state index contributed by atoms with van der Waals surface area (Å²) in [6.45, 7) is 6.18. The molecular weight excluding hydrogens is 150 g/mol. The number of imidazole rings is 1. The molecule has 0 aliphatic heterocycles. The number of aryl methyl sites for hydroxylation is 1. The molecule has 0 aliphatic rings. The van der Waals surface area contributed by atoms with Crippen LogP contribution in [-0.4, -0.2) is 9.97 Å². The van der Waals surface area contributed by atoms with Crippen LogP contribution in [0.1, 0.15) is 37.0 Å². The molecule has 0 spiro atoms. The number of H-pyrrole nitrogens is 1. The Morgan fingerprint density at radius 3 is 2.67 bits per heavy atom. The monoisotopic (exact) mass is 163 g/mol. The van der Waals surface area contributed by atoms with E-state index in [4.69, 9.17) is 5.26 Å². The molecule has 0 fully saturated rings. The number of hydrogen-bond acceptors (Lipinski definition) is 2. The number of hydrogen-bond donors (Lipinski definition) is 1. The Bertz CT molecular complexity index is 304. The molecule has 1 aromatic heterocycles. The summed E-state index contributed by atoms with van der Waals surface area (Å²) in [7, 11) is 0. The molecule has 3 heteroatoms. The van der Waals surface area contributed by atoms with Gasteiger partial charge in [0.1, 0.15) is 5.82 Å². The molecule has 1 rings (SSSR count). The van der Waals surface area contributed by atoms with Crippen LogP contribution in [0.4, 0.5) is 0 Å². The highest BCUT2D eigenvalue weighted by Crippen LogP contribution is 2.15. The van der Waals surface area contributed by atoms with E-state index in [-0.39, 0.29) is 0 Å². The van der Waals surface area contributed by atoms with Gasteiger partial charge in [-0.3, -0.25) is 0 Å². The third kappa shape index (κ3) is 1.65. The Hall–Kier alpha value is -1.30. The average molecular weight is 163 g/mol. The quantitative estimate of drug-likeness (QED) is 0.724. The van der Waals surface area contributed by atoms with Gasteiger partial charge in [-0.15, -0.1) is 0 Å². The lowest BCUT2D eigenvalue weighted by molar-refractivity contribution is 0.818. The summed E-state index contributed by atoms with van der Waals surface area (Å²) in [6.07, 6.45) is 0.369. The maximum absolute atomic E-state index is 8.45. The fourth-order valence-corrected chi connectivity index (χ4v) is 1.26. The van der Waals surface area contributed by atoms with Gasteiger partial charge in [0, 0.05) is 5.69 Å². The highest BCUT2D eigenvalue weighted by molar-refractivity contribution is 5.17. The lowest BCUT2D eigenvalue weighted by Gasteiger charge is -1.99. The van der Waals surface area contributed by atoms with Gasteiger partial charge in [-0.25, -0.2) is 4.98 Å². The first kappa shape index (κ1) is 8.79. The van der Waals surface area contributed by atoms with E-state index in [0.29, 0.717) is 12.3 Å². The molecule has 64 valence electrons. The minimum atomic E-state index is 0.369. The zero-order valence-electron chi connectivity index (χ0n) is 7.68. The van der Waals surface area contributed by atoms with Gasteiger partial charge >= 0.3 is 0 Å². The summed E-state index contributed by atoms with van der Waals surface area (Å²) in [5.74, 6) is 1.20. The van der Waals surface area contributed by atoms with Gasteiger partial charge < -0.3 is 4.98 Å². The molecule has 1 N–H and O–H groups in total. The van der Waals surface area contributed by atoms with Gasteiger partial charge in [-0.1, -0.05) is 13.8 Å². The molecule has 3 nitrogen and oxygen atoms in total. The summed E-state index contributed by atoms with van der Waals surface area (Å²) in [5, 5.41) is 8.45. The van der Waals surface area contributed by atoms with Gasteiger partial charge in [0.05, 0.1) is 18.2 Å². The topological polar surface area (TPSA) is 52.5 Å². The lowest BCUT2D eigenvalue weighted by Crippen LogP contribution is -1.90. The van der Waals surface area contributed by atoms with E-state index >= 15 is 0 Å². The third-order valence-corrected chi connectivity index (χ3v) is 1.76. The Morgan fingerprint density at radius 1 is 1.58 bits per heavy atom. The molecule has 1 heterocycles. The second kappa shape index (κ2) is 3.40. The van der Waals surface area contributed by atoms with Gasteiger partial charge in [0.25, 0.3) is 0 Å². The molecule has 0 amide bonds. The van der Waals surface area contributed by atoms with Crippen LogP contribution in [0.2, 0.25) is 0 Å². The van der Waals surface area contributed by atoms with Crippen molar-refractivity contribution < 1.29 is 0 Å². The van der Waals surface area contributed by atoms with E-state index in [1.165, 1.54) is 0 Å². The zero-order chi connectivity index (χ0) is 9.14. The molecule has 0 aromatic carbocycles. The van der Waals surface area contributed by atoms with Crippen LogP contribution in [0.3, 0.4) is 0 Å². The molecule has 0 radical (unpaired) electrons. The Balaban J connectivity index is 2.94. The Kier molecular flexibility index (Phi) is 2.49. The molecular formula is C9H13N3. The second-order valence-electron chi connectivity index (χ2n) is 3.18. The summed E-state index contributed by atoms with van der Waals surface area (Å²) >= 11 is 0. The number of nitriles is 1. The Morgan fingerprint density at radius 2 is 2.25 bits per heavy atom. The summed E-state index contributed by atoms with van der Waals surface area (Å²) in [5.41, 5.74) is 2.15. The van der Waals surface area contributed by atoms with Gasteiger partial charge in [-0.05, 0) is 12.8 Å². The molecule has 1 aromatic rings. The molecule has 0 atom stereocenters. The second-order valence-corrected chi connectivity index (χ2v) is 3.18. The van der Waals surface area contributed by atoms with Crippen molar-refractivity contribution in [2.75, 3.05) is 0 Å². The highest BCUT2D eigenvalue weighted by atomic mass is 14.9. The van der Waals surface area contributed by atoms with Crippen molar-refractivity contribution in [1.82, 2.24) is 9.97 Å². The fourth-order valence-electron chi connectivity index (χ4n) is 1.26. The van der Waals surface area contributed by atoms with E-state index in [9.17, 15) is 0 Å². The van der Waals surface area contributed by atoms with Crippen molar-refractivity contribution in [2.24, 2.45) is 0 Å². The first-order chi connectivity index (χ1) is 5.65. The maximum Gasteiger partial charge on any atom is 0.120 e. The molecule has 0 saturated carbocycles. The van der Waals surface area contributed by atoms with Crippen molar-refractivity contribution in [3.8, 4) is 6.07 Å². The minimum absolute atomic E-state index is 0.369. The van der Waals surface area contributed by atoms with E-state index in [2.05, 4.69) is 29.9 Å². The third-order valence-electron chi connectivity index (χ3n) is 1.76. The Labute approximate surface area is 72.4 Å². The minimum Gasteiger partial charge on any atom is -0.345 e. The smallest absolute Gasteiger partial charge is 0.120 e. The predicted octanol–water partition coefficient (Wildman–Crippen LogP) is 1.91. The van der Waals surface area contributed by atoms with Crippen LogP contribution in [0.25, 0.3) is 0 Å². The predicted molar refractivity (Wildman–Crippen MR) is 46.7 cm³/mol. The molecule has 12 heavy (non-hydrogen) atoms. The standard InChI is InChI=1S/C9H13N3/c1-6(2)9-7(3)11-8(12-9)4-5-10/h6H,4H2,1-3H3,(H,11,12). The van der Waals surface area contributed by atoms with Gasteiger partial charge in [-0.2, -0.15) is 5.26 Å². The van der Waals surface area contributed by atoms with E-state index in [0.717, 1.165) is 17.2 Å². The van der Waals surface area contributed by atoms with Crippen molar-refractivity contribution in [1.29, 1.82) is 5.26 Å². The fraction of sp³-hybridized carbons (Fsp3) is 0.556. The van der Waals surface area contributed by atoms with Crippen molar-refractivity contribution in [3.63, 3.8) is 0 Å². The van der Waals surface area contributed by atoms with Crippen LogP contribution in [-0.2, 0) is 6.42 Å². The van der Waals surface area contributed by atoms with Crippen LogP contribution >= 0.6 is 0 Å². The van der Waals surface area contributed by atoms with E-state index < -0.39 is 0 Å². The number of rotatable bonds is 2. The van der Waals surface area contributed by atoms with Crippen LogP contribution in [0, 0.1) is 18.3 Å². The zero-order valence-corrected chi connectivity index (χ0v) is 7.68. The number of nitrogens with zero attached hydrogens (tertiary/aromatic N) is 2. The van der Waals surface area contributed by atoms with Gasteiger partial charge in [0.15, 0.2) is 0 Å². The summed E-state index contributed by atoms with van der Waals surface area (Å²) in [6, 6.07) is 2.07. The van der Waals surface area contributed by atoms with E-state index in [1.54, 1.807) is 0 Å². The first-order valence-corrected chi connectivity index (χ1v) is 4.07. The molecule has 0 saturated heterocycles. The largest absolute Gasteiger partial charge is 0.345 e. The lowest BCUT2D eigenvalue weighted by atomic mass is 10.1. The maximum atomic E-state index is 8.45. The number of aromatic nitrogens is 2. The average Bonchev–Trinajstić information content (AvgIpc) is 2.32. The van der Waals surface area contributed by atoms with Crippen molar-refractivity contribution in [3.05, 3.63) is 17.2 Å². The summed E-state index contributed by atoms with van der Waals surface area (Å²) < 4.78 is 0. The molecule has 0 aliphatic carbocycles. The molecule has 0 unspecified atom stereocenters.